The standard InChI is InChI=1S/C16H22F3NO/c1-5-9-11-12-15(7-3,8-4)20(13-10-6-2)14(21)16(17,18)19/h5-8H,1-4,9-13H2. The summed E-state index contributed by atoms with van der Waals surface area (Å²) in [6, 6.07) is 0. The van der Waals surface area contributed by atoms with Crippen LogP contribution in [-0.2, 0) is 4.79 Å². The molecule has 0 aromatic heterocycles. The van der Waals surface area contributed by atoms with E-state index in [0.717, 1.165) is 4.90 Å². The van der Waals surface area contributed by atoms with Crippen molar-refractivity contribution in [2.75, 3.05) is 6.54 Å². The van der Waals surface area contributed by atoms with Crippen molar-refractivity contribution >= 4 is 5.91 Å². The van der Waals surface area contributed by atoms with Crippen molar-refractivity contribution in [3.8, 4) is 0 Å². The first-order chi connectivity index (χ1) is 9.79. The largest absolute Gasteiger partial charge is 0.471 e. The van der Waals surface area contributed by atoms with Crippen LogP contribution in [0.25, 0.3) is 0 Å². The highest BCUT2D eigenvalue weighted by atomic mass is 19.4. The van der Waals surface area contributed by atoms with Crippen LogP contribution in [0, 0.1) is 0 Å². The third kappa shape index (κ3) is 5.25. The number of nitrogens with zero attached hydrogens (tertiary/aromatic N) is 1. The number of halogens is 3. The zero-order chi connectivity index (χ0) is 16.5. The minimum absolute atomic E-state index is 0.0893. The van der Waals surface area contributed by atoms with Crippen molar-refractivity contribution in [1.82, 2.24) is 4.90 Å². The normalized spacial score (nSPS) is 11.6. The van der Waals surface area contributed by atoms with Gasteiger partial charge in [-0.15, -0.1) is 26.3 Å². The SMILES string of the molecule is C=CCCCC(C=C)(C=C)N(CCC=C)C(=O)C(F)(F)F. The van der Waals surface area contributed by atoms with E-state index in [2.05, 4.69) is 26.3 Å². The van der Waals surface area contributed by atoms with E-state index < -0.39 is 17.6 Å². The Morgan fingerprint density at radius 3 is 1.90 bits per heavy atom. The van der Waals surface area contributed by atoms with Gasteiger partial charge in [-0.25, -0.2) is 0 Å². The molecular formula is C16H22F3NO. The molecule has 118 valence electrons. The first-order valence-electron chi connectivity index (χ1n) is 6.66. The van der Waals surface area contributed by atoms with Crippen LogP contribution in [0.1, 0.15) is 25.7 Å². The molecule has 0 fully saturated rings. The number of allylic oxidation sites excluding steroid dienone is 1. The maximum Gasteiger partial charge on any atom is 0.471 e. The van der Waals surface area contributed by atoms with Gasteiger partial charge in [-0.3, -0.25) is 4.79 Å². The molecule has 0 aromatic carbocycles. The molecule has 0 radical (unpaired) electrons. The van der Waals surface area contributed by atoms with Crippen LogP contribution in [0.4, 0.5) is 13.2 Å². The van der Waals surface area contributed by atoms with E-state index in [-0.39, 0.29) is 13.0 Å². The van der Waals surface area contributed by atoms with Gasteiger partial charge in [0.25, 0.3) is 0 Å². The Kier molecular flexibility index (Phi) is 7.77. The highest BCUT2D eigenvalue weighted by Crippen LogP contribution is 2.30. The molecule has 5 heteroatoms. The van der Waals surface area contributed by atoms with Gasteiger partial charge >= 0.3 is 12.1 Å². The average Bonchev–Trinajstić information content (AvgIpc) is 2.44. The first kappa shape index (κ1) is 19.2. The molecular weight excluding hydrogens is 279 g/mol. The topological polar surface area (TPSA) is 20.3 Å². The van der Waals surface area contributed by atoms with E-state index in [1.165, 1.54) is 18.2 Å². The molecule has 0 unspecified atom stereocenters. The van der Waals surface area contributed by atoms with E-state index in [1.54, 1.807) is 6.08 Å². The van der Waals surface area contributed by atoms with Gasteiger partial charge in [0.1, 0.15) is 0 Å². The van der Waals surface area contributed by atoms with Crippen LogP contribution >= 0.6 is 0 Å². The summed E-state index contributed by atoms with van der Waals surface area (Å²) >= 11 is 0. The molecule has 0 heterocycles. The van der Waals surface area contributed by atoms with Crippen LogP contribution in [-0.4, -0.2) is 29.1 Å². The van der Waals surface area contributed by atoms with Gasteiger partial charge in [-0.2, -0.15) is 13.2 Å². The van der Waals surface area contributed by atoms with Crippen molar-refractivity contribution in [3.63, 3.8) is 0 Å². The van der Waals surface area contributed by atoms with Gasteiger partial charge in [0.15, 0.2) is 0 Å². The lowest BCUT2D eigenvalue weighted by Crippen LogP contribution is -2.54. The lowest BCUT2D eigenvalue weighted by molar-refractivity contribution is -0.189. The van der Waals surface area contributed by atoms with E-state index >= 15 is 0 Å². The summed E-state index contributed by atoms with van der Waals surface area (Å²) in [7, 11) is 0. The first-order valence-corrected chi connectivity index (χ1v) is 6.66. The number of alkyl halides is 3. The van der Waals surface area contributed by atoms with Gasteiger partial charge < -0.3 is 4.90 Å². The number of carbonyl (C=O) groups excluding carboxylic acids is 1. The number of rotatable bonds is 10. The molecule has 0 aliphatic rings. The fraction of sp³-hybridized carbons (Fsp3) is 0.438. The Bertz CT molecular complexity index is 391. The third-order valence-corrected chi connectivity index (χ3v) is 3.24. The second-order valence-corrected chi connectivity index (χ2v) is 4.61. The van der Waals surface area contributed by atoms with Gasteiger partial charge in [-0.1, -0.05) is 24.3 Å². The number of carbonyl (C=O) groups is 1. The predicted molar refractivity (Wildman–Crippen MR) is 79.8 cm³/mol. The second kappa shape index (κ2) is 8.49. The zero-order valence-corrected chi connectivity index (χ0v) is 12.2. The Balaban J connectivity index is 5.50. The van der Waals surface area contributed by atoms with Crippen molar-refractivity contribution in [2.24, 2.45) is 0 Å². The Morgan fingerprint density at radius 2 is 1.52 bits per heavy atom. The molecule has 0 N–H and O–H groups in total. The van der Waals surface area contributed by atoms with E-state index in [1.807, 2.05) is 0 Å². The molecule has 0 aliphatic carbocycles. The smallest absolute Gasteiger partial charge is 0.322 e. The Hall–Kier alpha value is -1.78. The predicted octanol–water partition coefficient (Wildman–Crippen LogP) is 4.42. The van der Waals surface area contributed by atoms with Gasteiger partial charge in [-0.05, 0) is 25.7 Å². The number of hydrogen-bond donors (Lipinski definition) is 0. The summed E-state index contributed by atoms with van der Waals surface area (Å²) in [4.78, 5) is 12.5. The molecule has 0 atom stereocenters. The molecule has 1 amide bonds. The van der Waals surface area contributed by atoms with E-state index in [0.29, 0.717) is 19.3 Å². The Labute approximate surface area is 124 Å². The lowest BCUT2D eigenvalue weighted by Gasteiger charge is -2.40. The number of hydrogen-bond acceptors (Lipinski definition) is 1. The fourth-order valence-electron chi connectivity index (χ4n) is 2.04. The average molecular weight is 301 g/mol. The van der Waals surface area contributed by atoms with Gasteiger partial charge in [0, 0.05) is 6.54 Å². The molecule has 2 nitrogen and oxygen atoms in total. The van der Waals surface area contributed by atoms with Crippen molar-refractivity contribution in [2.45, 2.75) is 37.4 Å². The van der Waals surface area contributed by atoms with Crippen LogP contribution < -0.4 is 0 Å². The minimum atomic E-state index is -4.93. The lowest BCUT2D eigenvalue weighted by atomic mass is 9.89. The maximum atomic E-state index is 12.8. The van der Waals surface area contributed by atoms with Crippen molar-refractivity contribution in [1.29, 1.82) is 0 Å². The molecule has 0 saturated heterocycles. The summed E-state index contributed by atoms with van der Waals surface area (Å²) in [5, 5.41) is 0. The number of amides is 1. The van der Waals surface area contributed by atoms with Crippen LogP contribution in [0.15, 0.2) is 50.6 Å². The molecule has 0 spiro atoms. The number of unbranched alkanes of at least 4 members (excludes halogenated alkanes) is 1. The maximum absolute atomic E-state index is 12.8. The highest BCUT2D eigenvalue weighted by molar-refractivity contribution is 5.83. The summed E-state index contributed by atoms with van der Waals surface area (Å²) in [6.45, 7) is 14.1. The zero-order valence-electron chi connectivity index (χ0n) is 12.2. The van der Waals surface area contributed by atoms with Crippen molar-refractivity contribution < 1.29 is 18.0 Å². The molecule has 0 rings (SSSR count). The van der Waals surface area contributed by atoms with E-state index in [9.17, 15) is 18.0 Å². The quantitative estimate of drug-likeness (QED) is 0.432. The second-order valence-electron chi connectivity index (χ2n) is 4.61. The Morgan fingerprint density at radius 1 is 1.00 bits per heavy atom. The molecule has 0 saturated carbocycles. The molecule has 0 bridgehead atoms. The molecule has 0 aliphatic heterocycles. The monoisotopic (exact) mass is 301 g/mol. The summed E-state index contributed by atoms with van der Waals surface area (Å²) in [5.74, 6) is -1.89. The fourth-order valence-corrected chi connectivity index (χ4v) is 2.04. The summed E-state index contributed by atoms with van der Waals surface area (Å²) in [6.07, 6.45) is 2.68. The van der Waals surface area contributed by atoms with E-state index in [4.69, 9.17) is 0 Å². The minimum Gasteiger partial charge on any atom is -0.322 e. The van der Waals surface area contributed by atoms with Crippen LogP contribution in [0.5, 0.6) is 0 Å². The van der Waals surface area contributed by atoms with Crippen molar-refractivity contribution in [3.05, 3.63) is 50.6 Å². The molecule has 21 heavy (non-hydrogen) atoms. The highest BCUT2D eigenvalue weighted by Gasteiger charge is 2.47. The molecule has 0 aromatic rings. The van der Waals surface area contributed by atoms with Gasteiger partial charge in [0.2, 0.25) is 0 Å². The summed E-state index contributed by atoms with van der Waals surface area (Å²) < 4.78 is 38.4. The van der Waals surface area contributed by atoms with Gasteiger partial charge in [0.05, 0.1) is 5.54 Å². The third-order valence-electron chi connectivity index (χ3n) is 3.24. The van der Waals surface area contributed by atoms with Crippen LogP contribution in [0.3, 0.4) is 0 Å². The van der Waals surface area contributed by atoms with Crippen LogP contribution in [0.2, 0.25) is 0 Å². The summed E-state index contributed by atoms with van der Waals surface area (Å²) in [5.41, 5.74) is -1.22.